The summed E-state index contributed by atoms with van der Waals surface area (Å²) in [7, 11) is 1.03. The number of hydrogen-bond donors (Lipinski definition) is 2. The predicted molar refractivity (Wildman–Crippen MR) is 115 cm³/mol. The number of aromatic nitrogens is 2. The van der Waals surface area contributed by atoms with Gasteiger partial charge in [0, 0.05) is 28.7 Å². The van der Waals surface area contributed by atoms with Crippen molar-refractivity contribution in [2.24, 2.45) is 0 Å². The van der Waals surface area contributed by atoms with Crippen LogP contribution in [-0.4, -0.2) is 40.4 Å². The Balaban J connectivity index is 1.75. The number of rotatable bonds is 4. The summed E-state index contributed by atoms with van der Waals surface area (Å²) in [6.45, 7) is 7.93. The molecule has 1 aliphatic rings. The molecule has 0 amide bonds. The fourth-order valence-corrected chi connectivity index (χ4v) is 3.46. The summed E-state index contributed by atoms with van der Waals surface area (Å²) in [6, 6.07) is 8.72. The molecule has 1 unspecified atom stereocenters. The highest BCUT2D eigenvalue weighted by Gasteiger charge is 2.52. The maximum absolute atomic E-state index is 15.4. The van der Waals surface area contributed by atoms with E-state index in [1.165, 1.54) is 6.20 Å². The van der Waals surface area contributed by atoms with Crippen molar-refractivity contribution in [3.8, 4) is 11.3 Å². The number of nitrogens with one attached hydrogen (secondary N) is 1. The lowest BCUT2D eigenvalue weighted by Crippen LogP contribution is -2.41. The van der Waals surface area contributed by atoms with Crippen LogP contribution in [0.1, 0.15) is 39.6 Å². The summed E-state index contributed by atoms with van der Waals surface area (Å²) in [5.74, 6) is -0.436. The van der Waals surface area contributed by atoms with Gasteiger partial charge in [0.2, 0.25) is 0 Å². The molecule has 1 atom stereocenters. The summed E-state index contributed by atoms with van der Waals surface area (Å²) in [4.78, 5) is 8.57. The van der Waals surface area contributed by atoms with Crippen LogP contribution in [0.5, 0.6) is 0 Å². The van der Waals surface area contributed by atoms with Crippen LogP contribution >= 0.6 is 0 Å². The summed E-state index contributed by atoms with van der Waals surface area (Å²) in [6.07, 6.45) is 2.27. The van der Waals surface area contributed by atoms with Gasteiger partial charge in [-0.2, -0.15) is 0 Å². The second kappa shape index (κ2) is 7.39. The number of hydrogen-bond acceptors (Lipinski definition) is 6. The van der Waals surface area contributed by atoms with Gasteiger partial charge in [-0.25, -0.2) is 4.39 Å². The first-order valence-electron chi connectivity index (χ1n) is 9.89. The largest absolute Gasteiger partial charge is 0.495 e. The van der Waals surface area contributed by atoms with Crippen LogP contribution in [0, 0.1) is 5.82 Å². The Kier molecular flexibility index (Phi) is 5.14. The normalized spacial score (nSPS) is 18.7. The van der Waals surface area contributed by atoms with Gasteiger partial charge in [0.25, 0.3) is 0 Å². The minimum atomic E-state index is -0.879. The van der Waals surface area contributed by atoms with Gasteiger partial charge in [0.15, 0.2) is 5.82 Å². The molecule has 0 bridgehead atoms. The van der Waals surface area contributed by atoms with E-state index in [-0.39, 0.29) is 5.69 Å². The smallest absolute Gasteiger partial charge is 0.399 e. The maximum atomic E-state index is 15.4. The van der Waals surface area contributed by atoms with Gasteiger partial charge in [0.1, 0.15) is 11.9 Å². The predicted octanol–water partition coefficient (Wildman–Crippen LogP) is 2.95. The topological polar surface area (TPSA) is 76.5 Å². The number of nitrogens with zero attached hydrogens (tertiary/aromatic N) is 2. The lowest BCUT2D eigenvalue weighted by Gasteiger charge is -2.32. The Labute approximate surface area is 175 Å². The molecule has 1 aromatic carbocycles. The van der Waals surface area contributed by atoms with Crippen LogP contribution in [0.25, 0.3) is 22.0 Å². The first-order chi connectivity index (χ1) is 14.1. The van der Waals surface area contributed by atoms with Crippen molar-refractivity contribution in [2.75, 3.05) is 7.05 Å². The molecule has 1 fully saturated rings. The van der Waals surface area contributed by atoms with Gasteiger partial charge < -0.3 is 14.4 Å². The number of aliphatic hydroxyl groups is 1. The van der Waals surface area contributed by atoms with E-state index in [1.54, 1.807) is 37.5 Å². The highest BCUT2D eigenvalue weighted by molar-refractivity contribution is 6.65. The zero-order valence-corrected chi connectivity index (χ0v) is 17.7. The SMILES string of the molecule is CNC(O)c1ccc(-c2ncc3c(B4OC(C)(C)C(C)(C)O4)cccc3c2F)cn1. The third-order valence-electron chi connectivity index (χ3n) is 6.03. The van der Waals surface area contributed by atoms with Gasteiger partial charge in [-0.1, -0.05) is 18.2 Å². The standard InChI is InChI=1S/C22H25BFN3O3/c1-21(2)22(3,4)30-23(29-21)16-8-6-7-14-15(16)12-27-19(18(14)24)13-9-10-17(26-11-13)20(28)25-5/h6-12,20,25,28H,1-5H3. The molecule has 30 heavy (non-hydrogen) atoms. The van der Waals surface area contributed by atoms with Crippen molar-refractivity contribution < 1.29 is 18.8 Å². The molecular formula is C22H25BFN3O3. The molecule has 0 radical (unpaired) electrons. The third kappa shape index (κ3) is 3.39. The lowest BCUT2D eigenvalue weighted by atomic mass is 9.76. The summed E-state index contributed by atoms with van der Waals surface area (Å²) < 4.78 is 27.7. The number of fused-ring (bicyclic) bond motifs is 1. The van der Waals surface area contributed by atoms with E-state index < -0.39 is 30.4 Å². The summed E-state index contributed by atoms with van der Waals surface area (Å²) >= 11 is 0. The zero-order valence-electron chi connectivity index (χ0n) is 17.7. The molecule has 2 N–H and O–H groups in total. The zero-order chi connectivity index (χ0) is 21.7. The first kappa shape index (κ1) is 20.9. The fraction of sp³-hybridized carbons (Fsp3) is 0.364. The van der Waals surface area contributed by atoms with Crippen LogP contribution in [0.3, 0.4) is 0 Å². The highest BCUT2D eigenvalue weighted by Crippen LogP contribution is 2.37. The molecule has 156 valence electrons. The molecule has 0 spiro atoms. The molecule has 3 aromatic rings. The van der Waals surface area contributed by atoms with E-state index in [0.29, 0.717) is 22.0 Å². The average Bonchev–Trinajstić information content (AvgIpc) is 2.94. The molecule has 1 aliphatic heterocycles. The van der Waals surface area contributed by atoms with Crippen LogP contribution < -0.4 is 10.8 Å². The minimum Gasteiger partial charge on any atom is -0.399 e. The van der Waals surface area contributed by atoms with Gasteiger partial charge >= 0.3 is 7.12 Å². The van der Waals surface area contributed by atoms with Crippen molar-refractivity contribution in [1.82, 2.24) is 15.3 Å². The van der Waals surface area contributed by atoms with Crippen LogP contribution in [0.4, 0.5) is 4.39 Å². The Morgan fingerprint density at radius 3 is 2.30 bits per heavy atom. The minimum absolute atomic E-state index is 0.201. The Morgan fingerprint density at radius 2 is 1.70 bits per heavy atom. The van der Waals surface area contributed by atoms with E-state index in [4.69, 9.17) is 9.31 Å². The van der Waals surface area contributed by atoms with Crippen LogP contribution in [-0.2, 0) is 9.31 Å². The maximum Gasteiger partial charge on any atom is 0.495 e. The van der Waals surface area contributed by atoms with E-state index >= 15 is 4.39 Å². The van der Waals surface area contributed by atoms with Gasteiger partial charge in [-0.15, -0.1) is 0 Å². The third-order valence-corrected chi connectivity index (χ3v) is 6.03. The van der Waals surface area contributed by atoms with Crippen molar-refractivity contribution in [3.63, 3.8) is 0 Å². The summed E-state index contributed by atoms with van der Waals surface area (Å²) in [5.41, 5.74) is 0.947. The quantitative estimate of drug-likeness (QED) is 0.510. The number of aliphatic hydroxyl groups excluding tert-OH is 1. The molecule has 8 heteroatoms. The highest BCUT2D eigenvalue weighted by atomic mass is 19.1. The molecule has 3 heterocycles. The second-order valence-corrected chi connectivity index (χ2v) is 8.48. The Bertz CT molecular complexity index is 1070. The second-order valence-electron chi connectivity index (χ2n) is 8.48. The molecule has 0 aliphatic carbocycles. The fourth-order valence-electron chi connectivity index (χ4n) is 3.46. The Morgan fingerprint density at radius 1 is 1.00 bits per heavy atom. The van der Waals surface area contributed by atoms with Gasteiger partial charge in [0.05, 0.1) is 16.9 Å². The molecular weight excluding hydrogens is 384 g/mol. The van der Waals surface area contributed by atoms with Crippen molar-refractivity contribution >= 4 is 23.4 Å². The number of halogens is 1. The van der Waals surface area contributed by atoms with Gasteiger partial charge in [-0.05, 0) is 52.3 Å². The molecule has 4 rings (SSSR count). The molecule has 6 nitrogen and oxygen atoms in total. The van der Waals surface area contributed by atoms with Crippen molar-refractivity contribution in [1.29, 1.82) is 0 Å². The van der Waals surface area contributed by atoms with E-state index in [1.807, 2.05) is 33.8 Å². The van der Waals surface area contributed by atoms with Gasteiger partial charge in [-0.3, -0.25) is 15.3 Å². The molecule has 2 aromatic heterocycles. The van der Waals surface area contributed by atoms with E-state index in [2.05, 4.69) is 15.3 Å². The van der Waals surface area contributed by atoms with Crippen LogP contribution in [0.15, 0.2) is 42.7 Å². The van der Waals surface area contributed by atoms with Crippen molar-refractivity contribution in [3.05, 3.63) is 54.2 Å². The van der Waals surface area contributed by atoms with Crippen LogP contribution in [0.2, 0.25) is 0 Å². The van der Waals surface area contributed by atoms with E-state index in [0.717, 1.165) is 5.46 Å². The monoisotopic (exact) mass is 409 g/mol. The molecule has 0 saturated carbocycles. The summed E-state index contributed by atoms with van der Waals surface area (Å²) in [5, 5.41) is 13.6. The van der Waals surface area contributed by atoms with E-state index in [9.17, 15) is 5.11 Å². The van der Waals surface area contributed by atoms with Crippen molar-refractivity contribution in [2.45, 2.75) is 45.1 Å². The number of pyridine rings is 2. The number of benzene rings is 1. The molecule has 1 saturated heterocycles. The Hall–Kier alpha value is -2.39. The average molecular weight is 409 g/mol. The lowest BCUT2D eigenvalue weighted by molar-refractivity contribution is 0.00578. The first-order valence-corrected chi connectivity index (χ1v) is 9.89.